The molecule has 0 saturated heterocycles. The normalized spacial score (nSPS) is 13.8. The van der Waals surface area contributed by atoms with Crippen LogP contribution in [0.2, 0.25) is 0 Å². The highest BCUT2D eigenvalue weighted by Crippen LogP contribution is 2.26. The maximum atomic E-state index is 12.7. The molecule has 0 unspecified atom stereocenters. The number of ether oxygens (including phenoxy) is 1. The summed E-state index contributed by atoms with van der Waals surface area (Å²) in [6, 6.07) is 17.5. The Morgan fingerprint density at radius 1 is 1.06 bits per heavy atom. The van der Waals surface area contributed by atoms with Gasteiger partial charge in [-0.15, -0.1) is 21.5 Å². The van der Waals surface area contributed by atoms with Gasteiger partial charge in [-0.3, -0.25) is 9.69 Å². The van der Waals surface area contributed by atoms with Gasteiger partial charge in [-0.05, 0) is 12.1 Å². The number of nitrogens with zero attached hydrogens (tertiary/aromatic N) is 5. The maximum absolute atomic E-state index is 12.7. The highest BCUT2D eigenvalue weighted by atomic mass is 32.1. The number of methoxy groups -OCH3 is 1. The Hall–Kier alpha value is -3.56. The lowest BCUT2D eigenvalue weighted by molar-refractivity contribution is 0.0946. The number of carbonyl (C=O) groups excluding carboxylic acids is 1. The average molecular weight is 475 g/mol. The molecule has 0 radical (unpaired) electrons. The smallest absolute Gasteiger partial charge is 0.255 e. The Morgan fingerprint density at radius 3 is 2.74 bits per heavy atom. The van der Waals surface area contributed by atoms with Crippen LogP contribution in [0.25, 0.3) is 10.6 Å². The van der Waals surface area contributed by atoms with Gasteiger partial charge < -0.3 is 14.6 Å². The summed E-state index contributed by atoms with van der Waals surface area (Å²) in [5, 5.41) is 12.7. The SMILES string of the molecule is COc1ccccc1C(=O)NCc1nnc2n1CCN(Cc1cnc(-c3ccccc3)s1)CC2. The van der Waals surface area contributed by atoms with Crippen LogP contribution in [0.4, 0.5) is 0 Å². The van der Waals surface area contributed by atoms with Crippen molar-refractivity contribution in [1.82, 2.24) is 30.0 Å². The van der Waals surface area contributed by atoms with E-state index in [9.17, 15) is 4.79 Å². The van der Waals surface area contributed by atoms with Crippen LogP contribution in [-0.4, -0.2) is 50.8 Å². The largest absolute Gasteiger partial charge is 0.496 e. The summed E-state index contributed by atoms with van der Waals surface area (Å²) >= 11 is 1.74. The third-order valence-electron chi connectivity index (χ3n) is 5.91. The van der Waals surface area contributed by atoms with E-state index in [0.29, 0.717) is 17.9 Å². The molecular formula is C25H26N6O2S. The monoisotopic (exact) mass is 474 g/mol. The standard InChI is InChI=1S/C25H26N6O2S/c1-33-21-10-6-5-9-20(21)24(32)26-16-23-29-28-22-11-12-30(13-14-31(22)23)17-19-15-27-25(34-19)18-7-3-2-4-8-18/h2-10,15H,11-14,16-17H2,1H3,(H,26,32). The molecule has 4 aromatic rings. The Balaban J connectivity index is 1.20. The van der Waals surface area contributed by atoms with Gasteiger partial charge in [0.15, 0.2) is 5.82 Å². The van der Waals surface area contributed by atoms with E-state index in [1.54, 1.807) is 30.6 Å². The number of benzene rings is 2. The molecule has 5 rings (SSSR count). The number of hydrogen-bond acceptors (Lipinski definition) is 7. The van der Waals surface area contributed by atoms with Crippen molar-refractivity contribution in [3.63, 3.8) is 0 Å². The molecule has 1 aliphatic heterocycles. The van der Waals surface area contributed by atoms with Crippen LogP contribution in [0.15, 0.2) is 60.8 Å². The minimum atomic E-state index is -0.190. The van der Waals surface area contributed by atoms with Crippen molar-refractivity contribution in [3.8, 4) is 16.3 Å². The molecule has 1 amide bonds. The number of rotatable bonds is 7. The van der Waals surface area contributed by atoms with E-state index in [1.807, 2.05) is 36.5 Å². The molecule has 9 heteroatoms. The lowest BCUT2D eigenvalue weighted by Gasteiger charge is -2.18. The van der Waals surface area contributed by atoms with Gasteiger partial charge in [0.1, 0.15) is 16.6 Å². The molecule has 2 aromatic heterocycles. The quantitative estimate of drug-likeness (QED) is 0.442. The van der Waals surface area contributed by atoms with Gasteiger partial charge in [0.25, 0.3) is 5.91 Å². The molecule has 1 N–H and O–H groups in total. The molecule has 0 bridgehead atoms. The number of carbonyl (C=O) groups is 1. The highest BCUT2D eigenvalue weighted by molar-refractivity contribution is 7.15. The summed E-state index contributed by atoms with van der Waals surface area (Å²) in [5.41, 5.74) is 1.66. The molecular weight excluding hydrogens is 448 g/mol. The van der Waals surface area contributed by atoms with Gasteiger partial charge in [-0.1, -0.05) is 42.5 Å². The van der Waals surface area contributed by atoms with E-state index < -0.39 is 0 Å². The highest BCUT2D eigenvalue weighted by Gasteiger charge is 2.20. The van der Waals surface area contributed by atoms with Crippen molar-refractivity contribution in [2.75, 3.05) is 20.2 Å². The van der Waals surface area contributed by atoms with Gasteiger partial charge >= 0.3 is 0 Å². The van der Waals surface area contributed by atoms with Crippen LogP contribution >= 0.6 is 11.3 Å². The van der Waals surface area contributed by atoms with Crippen LogP contribution in [-0.2, 0) is 26.1 Å². The summed E-state index contributed by atoms with van der Waals surface area (Å²) in [7, 11) is 1.56. The maximum Gasteiger partial charge on any atom is 0.255 e. The summed E-state index contributed by atoms with van der Waals surface area (Å²) in [5.74, 6) is 2.08. The zero-order chi connectivity index (χ0) is 23.3. The third-order valence-corrected chi connectivity index (χ3v) is 6.94. The van der Waals surface area contributed by atoms with E-state index in [0.717, 1.165) is 54.8 Å². The Bertz CT molecular complexity index is 1270. The summed E-state index contributed by atoms with van der Waals surface area (Å²) in [6.45, 7) is 3.76. The lowest BCUT2D eigenvalue weighted by atomic mass is 10.2. The van der Waals surface area contributed by atoms with Crippen LogP contribution in [0.1, 0.15) is 26.9 Å². The number of para-hydroxylation sites is 1. The predicted octanol–water partition coefficient (Wildman–Crippen LogP) is 3.40. The van der Waals surface area contributed by atoms with Crippen LogP contribution in [0, 0.1) is 0 Å². The van der Waals surface area contributed by atoms with Crippen LogP contribution in [0.3, 0.4) is 0 Å². The Kier molecular flexibility index (Phi) is 6.64. The van der Waals surface area contributed by atoms with Gasteiger partial charge in [0.2, 0.25) is 0 Å². The average Bonchev–Trinajstić information content (AvgIpc) is 3.46. The van der Waals surface area contributed by atoms with Crippen LogP contribution in [0.5, 0.6) is 5.75 Å². The van der Waals surface area contributed by atoms with Crippen molar-refractivity contribution in [1.29, 1.82) is 0 Å². The molecule has 1 aliphatic rings. The Labute approximate surface area is 202 Å². The number of hydrogen-bond donors (Lipinski definition) is 1. The second kappa shape index (κ2) is 10.1. The number of thiazole rings is 1. The van der Waals surface area contributed by atoms with Crippen molar-refractivity contribution in [3.05, 3.63) is 82.9 Å². The Morgan fingerprint density at radius 2 is 1.88 bits per heavy atom. The number of fused-ring (bicyclic) bond motifs is 1. The van der Waals surface area contributed by atoms with Gasteiger partial charge in [-0.25, -0.2) is 4.98 Å². The van der Waals surface area contributed by atoms with E-state index in [-0.39, 0.29) is 5.91 Å². The number of amides is 1. The van der Waals surface area contributed by atoms with Gasteiger partial charge in [0.05, 0.1) is 19.2 Å². The van der Waals surface area contributed by atoms with E-state index in [1.165, 1.54) is 4.88 Å². The first-order valence-electron chi connectivity index (χ1n) is 11.3. The van der Waals surface area contributed by atoms with E-state index >= 15 is 0 Å². The summed E-state index contributed by atoms with van der Waals surface area (Å²) < 4.78 is 7.42. The molecule has 2 aromatic carbocycles. The van der Waals surface area contributed by atoms with Crippen molar-refractivity contribution in [2.45, 2.75) is 26.1 Å². The minimum Gasteiger partial charge on any atom is -0.496 e. The molecule has 0 saturated carbocycles. The van der Waals surface area contributed by atoms with Gasteiger partial charge in [-0.2, -0.15) is 0 Å². The number of aromatic nitrogens is 4. The summed E-state index contributed by atoms with van der Waals surface area (Å²) in [6.07, 6.45) is 2.80. The second-order valence-corrected chi connectivity index (χ2v) is 9.21. The predicted molar refractivity (Wildman–Crippen MR) is 131 cm³/mol. The van der Waals surface area contributed by atoms with Crippen molar-refractivity contribution < 1.29 is 9.53 Å². The topological polar surface area (TPSA) is 85.2 Å². The first-order chi connectivity index (χ1) is 16.7. The summed E-state index contributed by atoms with van der Waals surface area (Å²) in [4.78, 5) is 20.9. The van der Waals surface area contributed by atoms with Crippen molar-refractivity contribution in [2.24, 2.45) is 0 Å². The van der Waals surface area contributed by atoms with Crippen molar-refractivity contribution >= 4 is 17.2 Å². The van der Waals surface area contributed by atoms with E-state index in [2.05, 4.69) is 42.1 Å². The van der Waals surface area contributed by atoms with Crippen LogP contribution < -0.4 is 10.1 Å². The number of nitrogens with one attached hydrogen (secondary N) is 1. The molecule has 174 valence electrons. The fourth-order valence-electron chi connectivity index (χ4n) is 4.12. The second-order valence-electron chi connectivity index (χ2n) is 8.09. The fourth-order valence-corrected chi connectivity index (χ4v) is 5.08. The first kappa shape index (κ1) is 22.2. The minimum absolute atomic E-state index is 0.190. The first-order valence-corrected chi connectivity index (χ1v) is 12.1. The lowest BCUT2D eigenvalue weighted by Crippen LogP contribution is -2.28. The molecule has 0 fully saturated rings. The molecule has 34 heavy (non-hydrogen) atoms. The molecule has 3 heterocycles. The van der Waals surface area contributed by atoms with E-state index in [4.69, 9.17) is 4.74 Å². The fraction of sp³-hybridized carbons (Fsp3) is 0.280. The molecule has 0 spiro atoms. The molecule has 8 nitrogen and oxygen atoms in total. The molecule has 0 aliphatic carbocycles. The van der Waals surface area contributed by atoms with Gasteiger partial charge in [0, 0.05) is 49.2 Å². The molecule has 0 atom stereocenters. The zero-order valence-corrected chi connectivity index (χ0v) is 19.8. The zero-order valence-electron chi connectivity index (χ0n) is 19.0. The third kappa shape index (κ3) is 4.85.